The summed E-state index contributed by atoms with van der Waals surface area (Å²) in [5, 5.41) is 0. The molecule has 1 aromatic heterocycles. The number of methoxy groups -OCH3 is 1. The van der Waals surface area contributed by atoms with Crippen LogP contribution in [0.25, 0.3) is 0 Å². The fourth-order valence-electron chi connectivity index (χ4n) is 3.50. The van der Waals surface area contributed by atoms with Crippen LogP contribution < -0.4 is 4.57 Å². The van der Waals surface area contributed by atoms with Gasteiger partial charge < -0.3 is 4.74 Å². The summed E-state index contributed by atoms with van der Waals surface area (Å²) >= 11 is 0. The van der Waals surface area contributed by atoms with Gasteiger partial charge in [-0.25, -0.2) is 13.9 Å². The number of aromatic nitrogens is 2. The van der Waals surface area contributed by atoms with Crippen molar-refractivity contribution in [1.82, 2.24) is 14.4 Å². The number of rotatable bonds is 5. The van der Waals surface area contributed by atoms with Gasteiger partial charge in [-0.15, -0.1) is 0 Å². The summed E-state index contributed by atoms with van der Waals surface area (Å²) in [4.78, 5) is 44.2. The number of esters is 1. The van der Waals surface area contributed by atoms with Crippen molar-refractivity contribution in [2.24, 2.45) is 4.99 Å². The molecule has 0 spiro atoms. The summed E-state index contributed by atoms with van der Waals surface area (Å²) in [5.41, 5.74) is 2.00. The minimum Gasteiger partial charge on any atom is -0.469 e. The number of imide groups is 1. The molecule has 1 unspecified atom stereocenters. The number of carbonyl (C=O) groups is 3. The minimum absolute atomic E-state index is 0.0119. The molecule has 0 aromatic carbocycles. The zero-order valence-electron chi connectivity index (χ0n) is 15.8. The zero-order chi connectivity index (χ0) is 19.2. The first-order chi connectivity index (χ1) is 12.3. The lowest BCUT2D eigenvalue weighted by Crippen LogP contribution is -2.58. The number of aliphatic imine (C=N–C) groups is 1. The van der Waals surface area contributed by atoms with Crippen molar-refractivity contribution in [3.63, 3.8) is 0 Å². The van der Waals surface area contributed by atoms with Crippen LogP contribution in [0, 0.1) is 13.8 Å². The summed E-state index contributed by atoms with van der Waals surface area (Å²) in [7, 11) is 2.88. The predicted octanol–water partition coefficient (Wildman–Crippen LogP) is 0.844. The van der Waals surface area contributed by atoms with Crippen LogP contribution in [0.15, 0.2) is 4.99 Å². The van der Waals surface area contributed by atoms with E-state index in [9.17, 15) is 14.4 Å². The van der Waals surface area contributed by atoms with Gasteiger partial charge in [0.05, 0.1) is 20.1 Å². The second-order valence-electron chi connectivity index (χ2n) is 6.52. The highest BCUT2D eigenvalue weighted by Gasteiger charge is 2.54. The van der Waals surface area contributed by atoms with Gasteiger partial charge in [-0.05, 0) is 20.3 Å². The number of amidine groups is 1. The monoisotopic (exact) mass is 362 g/mol. The van der Waals surface area contributed by atoms with E-state index in [2.05, 4.69) is 21.2 Å². The number of hydrogen-bond acceptors (Lipinski definition) is 5. The molecule has 140 valence electrons. The maximum Gasteiger partial charge on any atom is 0.402 e. The third kappa shape index (κ3) is 2.49. The Morgan fingerprint density at radius 2 is 2.00 bits per heavy atom. The van der Waals surface area contributed by atoms with E-state index in [1.165, 1.54) is 12.0 Å². The molecule has 3 heterocycles. The predicted molar refractivity (Wildman–Crippen MR) is 92.0 cm³/mol. The van der Waals surface area contributed by atoms with Gasteiger partial charge in [-0.3, -0.25) is 19.4 Å². The summed E-state index contributed by atoms with van der Waals surface area (Å²) in [6.45, 7) is 6.81. The smallest absolute Gasteiger partial charge is 0.402 e. The van der Waals surface area contributed by atoms with Gasteiger partial charge in [0, 0.05) is 13.6 Å². The third-order valence-corrected chi connectivity index (χ3v) is 5.04. The molecule has 9 nitrogen and oxygen atoms in total. The number of fused-ring (bicyclic) bond motifs is 3. The van der Waals surface area contributed by atoms with Crippen LogP contribution in [0.2, 0.25) is 0 Å². The summed E-state index contributed by atoms with van der Waals surface area (Å²) < 4.78 is 8.57. The fraction of sp³-hybridized carbons (Fsp3) is 0.588. The van der Waals surface area contributed by atoms with E-state index in [1.54, 1.807) is 7.05 Å². The molecule has 1 atom stereocenters. The van der Waals surface area contributed by atoms with Crippen molar-refractivity contribution < 1.29 is 23.7 Å². The SMILES string of the molecule is CCC[n+]1c(C)c(C)n2c1N=C1C2C(=O)N(CCC(=O)OC)C(=O)N1C. The standard InChI is InChI=1S/C17H24N5O4/c1-6-8-20-10(2)11(3)22-13-14(18-16(20)22)19(4)17(25)21(15(13)24)9-7-12(23)26-5/h13H,6-9H2,1-5H3/q+1. The normalized spacial score (nSPS) is 18.8. The molecule has 1 fully saturated rings. The molecule has 1 saturated heterocycles. The van der Waals surface area contributed by atoms with Crippen LogP contribution in [-0.4, -0.2) is 58.8 Å². The molecule has 0 aliphatic carbocycles. The van der Waals surface area contributed by atoms with Crippen LogP contribution in [0.3, 0.4) is 0 Å². The number of urea groups is 1. The van der Waals surface area contributed by atoms with Crippen molar-refractivity contribution in [3.05, 3.63) is 11.4 Å². The van der Waals surface area contributed by atoms with E-state index in [4.69, 9.17) is 0 Å². The third-order valence-electron chi connectivity index (χ3n) is 5.04. The molecule has 0 N–H and O–H groups in total. The van der Waals surface area contributed by atoms with Crippen LogP contribution in [0.5, 0.6) is 0 Å². The quantitative estimate of drug-likeness (QED) is 0.574. The maximum absolute atomic E-state index is 13.1. The van der Waals surface area contributed by atoms with Crippen LogP contribution in [0.1, 0.15) is 37.2 Å². The van der Waals surface area contributed by atoms with Crippen LogP contribution in [-0.2, 0) is 20.9 Å². The van der Waals surface area contributed by atoms with Crippen molar-refractivity contribution in [1.29, 1.82) is 0 Å². The van der Waals surface area contributed by atoms with E-state index in [0.29, 0.717) is 11.8 Å². The average molecular weight is 362 g/mol. The molecular formula is C17H24N5O4+. The van der Waals surface area contributed by atoms with E-state index in [1.807, 2.05) is 18.4 Å². The summed E-state index contributed by atoms with van der Waals surface area (Å²) in [6.07, 6.45) is 0.902. The first-order valence-corrected chi connectivity index (χ1v) is 8.69. The molecule has 0 radical (unpaired) electrons. The Morgan fingerprint density at radius 1 is 1.31 bits per heavy atom. The Labute approximate surface area is 151 Å². The Bertz CT molecular complexity index is 826. The van der Waals surface area contributed by atoms with Gasteiger partial charge in [-0.1, -0.05) is 11.9 Å². The summed E-state index contributed by atoms with van der Waals surface area (Å²) in [5.74, 6) is 0.284. The zero-order valence-corrected chi connectivity index (χ0v) is 15.8. The van der Waals surface area contributed by atoms with Crippen molar-refractivity contribution in [3.8, 4) is 0 Å². The van der Waals surface area contributed by atoms with Crippen molar-refractivity contribution in [2.75, 3.05) is 20.7 Å². The number of imidazole rings is 1. The first kappa shape index (κ1) is 18.1. The maximum atomic E-state index is 13.1. The Morgan fingerprint density at radius 3 is 2.62 bits per heavy atom. The van der Waals surface area contributed by atoms with Gasteiger partial charge in [-0.2, -0.15) is 0 Å². The van der Waals surface area contributed by atoms with Gasteiger partial charge in [0.2, 0.25) is 11.9 Å². The number of ether oxygens (including phenoxy) is 1. The molecule has 9 heteroatoms. The van der Waals surface area contributed by atoms with Gasteiger partial charge >= 0.3 is 17.9 Å². The second kappa shape index (κ2) is 6.54. The fourth-order valence-corrected chi connectivity index (χ4v) is 3.50. The van der Waals surface area contributed by atoms with E-state index in [-0.39, 0.29) is 18.9 Å². The van der Waals surface area contributed by atoms with Crippen LogP contribution in [0.4, 0.5) is 10.7 Å². The molecule has 2 aliphatic rings. The topological polar surface area (TPSA) is 88.1 Å². The molecular weight excluding hydrogens is 338 g/mol. The molecule has 26 heavy (non-hydrogen) atoms. The number of likely N-dealkylation sites (N-methyl/N-ethyl adjacent to an activating group) is 1. The van der Waals surface area contributed by atoms with Gasteiger partial charge in [0.25, 0.3) is 5.91 Å². The lowest BCUT2D eigenvalue weighted by Gasteiger charge is -2.33. The molecule has 3 amide bonds. The van der Waals surface area contributed by atoms with E-state index in [0.717, 1.165) is 29.3 Å². The highest BCUT2D eigenvalue weighted by molar-refractivity contribution is 6.20. The molecule has 3 rings (SSSR count). The summed E-state index contributed by atoms with van der Waals surface area (Å²) in [6, 6.07) is -1.15. The lowest BCUT2D eigenvalue weighted by atomic mass is 10.1. The Hall–Kier alpha value is -2.71. The van der Waals surface area contributed by atoms with E-state index < -0.39 is 18.0 Å². The number of hydrogen-bond donors (Lipinski definition) is 0. The second-order valence-corrected chi connectivity index (χ2v) is 6.52. The first-order valence-electron chi connectivity index (χ1n) is 8.69. The van der Waals surface area contributed by atoms with Crippen molar-refractivity contribution in [2.45, 2.75) is 46.2 Å². The van der Waals surface area contributed by atoms with E-state index >= 15 is 0 Å². The Kier molecular flexibility index (Phi) is 4.55. The van der Waals surface area contributed by atoms with Gasteiger partial charge in [0.15, 0.2) is 0 Å². The van der Waals surface area contributed by atoms with Gasteiger partial charge in [0.1, 0.15) is 11.4 Å². The average Bonchev–Trinajstić information content (AvgIpc) is 3.12. The minimum atomic E-state index is -0.679. The number of carbonyl (C=O) groups excluding carboxylic acids is 3. The molecule has 0 saturated carbocycles. The highest BCUT2D eigenvalue weighted by atomic mass is 16.5. The Balaban J connectivity index is 2.01. The molecule has 0 bridgehead atoms. The van der Waals surface area contributed by atoms with Crippen LogP contribution >= 0.6 is 0 Å². The number of amides is 3. The molecule has 2 aliphatic heterocycles. The lowest BCUT2D eigenvalue weighted by molar-refractivity contribution is -0.689. The van der Waals surface area contributed by atoms with Crippen molar-refractivity contribution >= 4 is 29.7 Å². The number of nitrogens with zero attached hydrogens (tertiary/aromatic N) is 5. The molecule has 1 aromatic rings. The highest BCUT2D eigenvalue weighted by Crippen LogP contribution is 2.35. The largest absolute Gasteiger partial charge is 0.469 e.